The number of nitrogens with zero attached hydrogens (tertiary/aromatic N) is 6. The van der Waals surface area contributed by atoms with Crippen LogP contribution >= 0.6 is 0 Å². The standard InChI is InChI=1S/C17H17N7O2/c1-10-15(16(25)26)21-22-24(10)13-4-2-3-11-9-23(8-6-12(11)13)17-19-7-5-14(18)20-17/h2-5,7H,6,8-9H2,1H3,(H,25,26)(H2,18,19,20). The van der Waals surface area contributed by atoms with E-state index in [1.807, 2.05) is 18.2 Å². The molecule has 4 rings (SSSR count). The number of fused-ring (bicyclic) bond motifs is 1. The van der Waals surface area contributed by atoms with Gasteiger partial charge in [0.1, 0.15) is 5.82 Å². The fourth-order valence-corrected chi connectivity index (χ4v) is 3.23. The van der Waals surface area contributed by atoms with Crippen molar-refractivity contribution in [2.45, 2.75) is 19.9 Å². The highest BCUT2D eigenvalue weighted by Gasteiger charge is 2.24. The third kappa shape index (κ3) is 2.63. The van der Waals surface area contributed by atoms with Crippen molar-refractivity contribution in [3.05, 3.63) is 53.0 Å². The van der Waals surface area contributed by atoms with Crippen LogP contribution in [0, 0.1) is 6.92 Å². The molecule has 2 aromatic heterocycles. The molecule has 0 aliphatic carbocycles. The number of nitrogen functional groups attached to an aromatic ring is 1. The van der Waals surface area contributed by atoms with Gasteiger partial charge in [0, 0.05) is 19.3 Å². The summed E-state index contributed by atoms with van der Waals surface area (Å²) < 4.78 is 1.59. The van der Waals surface area contributed by atoms with Crippen LogP contribution in [0.2, 0.25) is 0 Å². The Balaban J connectivity index is 1.71. The summed E-state index contributed by atoms with van der Waals surface area (Å²) in [6.07, 6.45) is 2.40. The van der Waals surface area contributed by atoms with E-state index in [1.54, 1.807) is 23.9 Å². The first kappa shape index (κ1) is 16.0. The zero-order valence-corrected chi connectivity index (χ0v) is 14.1. The van der Waals surface area contributed by atoms with Crippen LogP contribution in [0.15, 0.2) is 30.5 Å². The van der Waals surface area contributed by atoms with Crippen LogP contribution < -0.4 is 10.6 Å². The molecule has 0 spiro atoms. The van der Waals surface area contributed by atoms with Crippen LogP contribution in [0.25, 0.3) is 5.69 Å². The predicted octanol–water partition coefficient (Wildman–Crippen LogP) is 1.21. The largest absolute Gasteiger partial charge is 0.476 e. The summed E-state index contributed by atoms with van der Waals surface area (Å²) in [6.45, 7) is 3.08. The fourth-order valence-electron chi connectivity index (χ4n) is 3.23. The molecule has 0 amide bonds. The van der Waals surface area contributed by atoms with E-state index in [4.69, 9.17) is 5.73 Å². The van der Waals surface area contributed by atoms with Gasteiger partial charge in [-0.3, -0.25) is 0 Å². The van der Waals surface area contributed by atoms with Crippen molar-refractivity contribution in [1.29, 1.82) is 0 Å². The molecule has 0 fully saturated rings. The summed E-state index contributed by atoms with van der Waals surface area (Å²) in [5, 5.41) is 17.0. The van der Waals surface area contributed by atoms with Gasteiger partial charge >= 0.3 is 5.97 Å². The molecule has 0 bridgehead atoms. The Morgan fingerprint density at radius 3 is 2.88 bits per heavy atom. The average molecular weight is 351 g/mol. The minimum absolute atomic E-state index is 0.0341. The second-order valence-electron chi connectivity index (χ2n) is 6.11. The highest BCUT2D eigenvalue weighted by Crippen LogP contribution is 2.27. The maximum atomic E-state index is 11.2. The summed E-state index contributed by atoms with van der Waals surface area (Å²) in [4.78, 5) is 21.9. The monoisotopic (exact) mass is 351 g/mol. The van der Waals surface area contributed by atoms with Crippen molar-refractivity contribution in [3.63, 3.8) is 0 Å². The van der Waals surface area contributed by atoms with Crippen LogP contribution in [-0.2, 0) is 13.0 Å². The zero-order chi connectivity index (χ0) is 18.3. The van der Waals surface area contributed by atoms with Crippen LogP contribution in [0.1, 0.15) is 27.3 Å². The number of aromatic carboxylic acids is 1. The molecule has 3 heterocycles. The lowest BCUT2D eigenvalue weighted by Gasteiger charge is -2.30. The lowest BCUT2D eigenvalue weighted by atomic mass is 9.98. The number of carboxylic acid groups (broad SMARTS) is 1. The van der Waals surface area contributed by atoms with E-state index in [2.05, 4.69) is 25.2 Å². The summed E-state index contributed by atoms with van der Waals surface area (Å²) in [7, 11) is 0. The van der Waals surface area contributed by atoms with Gasteiger partial charge in [0.2, 0.25) is 5.95 Å². The van der Waals surface area contributed by atoms with E-state index >= 15 is 0 Å². The Morgan fingerprint density at radius 2 is 2.15 bits per heavy atom. The molecule has 0 atom stereocenters. The van der Waals surface area contributed by atoms with Crippen molar-refractivity contribution in [1.82, 2.24) is 25.0 Å². The Labute approximate surface area is 149 Å². The third-order valence-electron chi connectivity index (χ3n) is 4.51. The maximum Gasteiger partial charge on any atom is 0.358 e. The lowest BCUT2D eigenvalue weighted by molar-refractivity contribution is 0.0689. The minimum Gasteiger partial charge on any atom is -0.476 e. The molecule has 9 nitrogen and oxygen atoms in total. The molecular weight excluding hydrogens is 334 g/mol. The number of rotatable bonds is 3. The average Bonchev–Trinajstić information content (AvgIpc) is 3.02. The maximum absolute atomic E-state index is 11.2. The highest BCUT2D eigenvalue weighted by atomic mass is 16.4. The van der Waals surface area contributed by atoms with Gasteiger partial charge in [-0.05, 0) is 36.6 Å². The summed E-state index contributed by atoms with van der Waals surface area (Å²) in [6, 6.07) is 7.56. The Morgan fingerprint density at radius 1 is 1.31 bits per heavy atom. The van der Waals surface area contributed by atoms with Gasteiger partial charge < -0.3 is 15.7 Å². The van der Waals surface area contributed by atoms with Gasteiger partial charge in [0.05, 0.1) is 11.4 Å². The van der Waals surface area contributed by atoms with Crippen molar-refractivity contribution in [3.8, 4) is 5.69 Å². The second kappa shape index (κ2) is 6.10. The smallest absolute Gasteiger partial charge is 0.358 e. The molecule has 3 N–H and O–H groups in total. The molecule has 132 valence electrons. The Hall–Kier alpha value is -3.49. The second-order valence-corrected chi connectivity index (χ2v) is 6.11. The van der Waals surface area contributed by atoms with Crippen LogP contribution in [0.5, 0.6) is 0 Å². The first-order valence-electron chi connectivity index (χ1n) is 8.15. The van der Waals surface area contributed by atoms with Gasteiger partial charge in [-0.15, -0.1) is 5.10 Å². The molecule has 0 saturated carbocycles. The Kier molecular flexibility index (Phi) is 3.76. The molecule has 1 aliphatic heterocycles. The Bertz CT molecular complexity index is 999. The number of carboxylic acids is 1. The number of benzene rings is 1. The molecule has 9 heteroatoms. The number of aromatic nitrogens is 5. The van der Waals surface area contributed by atoms with E-state index in [-0.39, 0.29) is 5.69 Å². The number of carbonyl (C=O) groups is 1. The number of nitrogens with two attached hydrogens (primary N) is 1. The first-order chi connectivity index (χ1) is 12.5. The topological polar surface area (TPSA) is 123 Å². The van der Waals surface area contributed by atoms with E-state index < -0.39 is 5.97 Å². The van der Waals surface area contributed by atoms with Crippen molar-refractivity contribution in [2.24, 2.45) is 0 Å². The zero-order valence-electron chi connectivity index (χ0n) is 14.1. The molecule has 0 radical (unpaired) electrons. The minimum atomic E-state index is -1.08. The van der Waals surface area contributed by atoms with Crippen molar-refractivity contribution >= 4 is 17.7 Å². The number of anilines is 2. The number of hydrogen-bond acceptors (Lipinski definition) is 7. The third-order valence-corrected chi connectivity index (χ3v) is 4.51. The van der Waals surface area contributed by atoms with E-state index in [1.165, 1.54) is 0 Å². The van der Waals surface area contributed by atoms with E-state index in [0.29, 0.717) is 24.0 Å². The summed E-state index contributed by atoms with van der Waals surface area (Å²) in [5.41, 5.74) is 9.33. The van der Waals surface area contributed by atoms with Crippen LogP contribution in [0.3, 0.4) is 0 Å². The van der Waals surface area contributed by atoms with Gasteiger partial charge in [-0.2, -0.15) is 4.98 Å². The molecule has 1 aliphatic rings. The molecule has 3 aromatic rings. The van der Waals surface area contributed by atoms with Crippen LogP contribution in [0.4, 0.5) is 11.8 Å². The van der Waals surface area contributed by atoms with E-state index in [0.717, 1.165) is 29.8 Å². The normalized spacial score (nSPS) is 13.5. The molecule has 26 heavy (non-hydrogen) atoms. The molecule has 0 unspecified atom stereocenters. The first-order valence-corrected chi connectivity index (χ1v) is 8.15. The summed E-state index contributed by atoms with van der Waals surface area (Å²) >= 11 is 0. The van der Waals surface area contributed by atoms with Crippen LogP contribution in [-0.4, -0.2) is 42.6 Å². The number of hydrogen-bond donors (Lipinski definition) is 2. The molecule has 1 aromatic carbocycles. The fraction of sp³-hybridized carbons (Fsp3) is 0.235. The van der Waals surface area contributed by atoms with Crippen molar-refractivity contribution in [2.75, 3.05) is 17.2 Å². The van der Waals surface area contributed by atoms with Gasteiger partial charge in [-0.1, -0.05) is 17.3 Å². The quantitative estimate of drug-likeness (QED) is 0.722. The van der Waals surface area contributed by atoms with E-state index in [9.17, 15) is 9.90 Å². The lowest BCUT2D eigenvalue weighted by Crippen LogP contribution is -2.32. The predicted molar refractivity (Wildman–Crippen MR) is 94.3 cm³/mol. The highest BCUT2D eigenvalue weighted by molar-refractivity contribution is 5.86. The van der Waals surface area contributed by atoms with Gasteiger partial charge in [0.25, 0.3) is 0 Å². The van der Waals surface area contributed by atoms with Gasteiger partial charge in [-0.25, -0.2) is 14.5 Å². The SMILES string of the molecule is Cc1c(C(=O)O)nnn1-c1cccc2c1CCN(c1nccc(N)n1)C2. The van der Waals surface area contributed by atoms with Gasteiger partial charge in [0.15, 0.2) is 5.69 Å². The van der Waals surface area contributed by atoms with Crippen molar-refractivity contribution < 1.29 is 9.90 Å². The summed E-state index contributed by atoms with van der Waals surface area (Å²) in [5.74, 6) is -0.0383. The molecule has 0 saturated heterocycles. The molecular formula is C17H17N7O2.